The van der Waals surface area contributed by atoms with Crippen molar-refractivity contribution in [3.05, 3.63) is 24.0 Å². The molecule has 0 atom stereocenters. The van der Waals surface area contributed by atoms with Gasteiger partial charge in [-0.25, -0.2) is 17.9 Å². The molecule has 1 aliphatic rings. The minimum atomic E-state index is -3.98. The third kappa shape index (κ3) is 4.13. The van der Waals surface area contributed by atoms with Crippen LogP contribution in [0.15, 0.2) is 23.1 Å². The highest BCUT2D eigenvalue weighted by atomic mass is 32.2. The molecule has 0 unspecified atom stereocenters. The molecule has 9 heteroatoms. The first kappa shape index (κ1) is 15.7. The Hall–Kier alpha value is -1.71. The molecule has 7 nitrogen and oxygen atoms in total. The van der Waals surface area contributed by atoms with Gasteiger partial charge in [0.1, 0.15) is 0 Å². The number of amides is 1. The van der Waals surface area contributed by atoms with Crippen molar-refractivity contribution in [3.63, 3.8) is 0 Å². The summed E-state index contributed by atoms with van der Waals surface area (Å²) in [6.07, 6.45) is 0. The number of carbonyl (C=O) groups excluding carboxylic acids is 1. The van der Waals surface area contributed by atoms with E-state index in [1.165, 1.54) is 0 Å². The molecular formula is C12H15FN2O5S. The third-order valence-corrected chi connectivity index (χ3v) is 3.86. The van der Waals surface area contributed by atoms with Crippen LogP contribution in [0.2, 0.25) is 0 Å². The SMILES string of the molecule is NS(=O)(=O)c1ccc(OCC(=O)N2CCOCC2)c(F)c1. The number of carbonyl (C=O) groups is 1. The van der Waals surface area contributed by atoms with Crippen molar-refractivity contribution in [1.29, 1.82) is 0 Å². The Morgan fingerprint density at radius 3 is 2.62 bits per heavy atom. The van der Waals surface area contributed by atoms with E-state index in [1.54, 1.807) is 4.90 Å². The zero-order chi connectivity index (χ0) is 15.5. The smallest absolute Gasteiger partial charge is 0.260 e. The summed E-state index contributed by atoms with van der Waals surface area (Å²) < 4.78 is 46.0. The number of nitrogens with two attached hydrogens (primary N) is 1. The summed E-state index contributed by atoms with van der Waals surface area (Å²) in [6.45, 7) is 1.53. The second-order valence-electron chi connectivity index (χ2n) is 4.42. The number of morpholine rings is 1. The van der Waals surface area contributed by atoms with E-state index in [4.69, 9.17) is 14.6 Å². The van der Waals surface area contributed by atoms with Crippen LogP contribution >= 0.6 is 0 Å². The molecule has 1 fully saturated rings. The van der Waals surface area contributed by atoms with E-state index in [-0.39, 0.29) is 23.2 Å². The molecule has 21 heavy (non-hydrogen) atoms. The van der Waals surface area contributed by atoms with Gasteiger partial charge in [-0.2, -0.15) is 0 Å². The molecular weight excluding hydrogens is 303 g/mol. The van der Waals surface area contributed by atoms with E-state index in [0.717, 1.165) is 18.2 Å². The molecule has 1 amide bonds. The van der Waals surface area contributed by atoms with Crippen molar-refractivity contribution < 1.29 is 27.1 Å². The van der Waals surface area contributed by atoms with E-state index in [9.17, 15) is 17.6 Å². The highest BCUT2D eigenvalue weighted by molar-refractivity contribution is 7.89. The lowest BCUT2D eigenvalue weighted by Crippen LogP contribution is -2.43. The predicted molar refractivity (Wildman–Crippen MR) is 70.7 cm³/mol. The Labute approximate surface area is 121 Å². The van der Waals surface area contributed by atoms with Crippen molar-refractivity contribution in [3.8, 4) is 5.75 Å². The second kappa shape index (κ2) is 6.37. The van der Waals surface area contributed by atoms with Crippen molar-refractivity contribution in [2.75, 3.05) is 32.9 Å². The first-order chi connectivity index (χ1) is 9.88. The minimum Gasteiger partial charge on any atom is -0.481 e. The number of nitrogens with zero attached hydrogens (tertiary/aromatic N) is 1. The molecule has 0 aliphatic carbocycles. The van der Waals surface area contributed by atoms with Crippen molar-refractivity contribution in [1.82, 2.24) is 4.90 Å². The molecule has 0 aromatic heterocycles. The zero-order valence-corrected chi connectivity index (χ0v) is 11.9. The van der Waals surface area contributed by atoms with Crippen molar-refractivity contribution in [2.45, 2.75) is 4.90 Å². The van der Waals surface area contributed by atoms with Gasteiger partial charge in [0.15, 0.2) is 18.2 Å². The fraction of sp³-hybridized carbons (Fsp3) is 0.417. The Morgan fingerprint density at radius 2 is 2.05 bits per heavy atom. The van der Waals surface area contributed by atoms with Gasteiger partial charge in [-0.05, 0) is 18.2 Å². The lowest BCUT2D eigenvalue weighted by atomic mass is 10.3. The van der Waals surface area contributed by atoms with Gasteiger partial charge in [0.05, 0.1) is 18.1 Å². The van der Waals surface area contributed by atoms with Gasteiger partial charge in [-0.15, -0.1) is 0 Å². The topological polar surface area (TPSA) is 98.9 Å². The van der Waals surface area contributed by atoms with E-state index in [2.05, 4.69) is 0 Å². The van der Waals surface area contributed by atoms with Crippen LogP contribution in [0.5, 0.6) is 5.75 Å². The molecule has 0 spiro atoms. The van der Waals surface area contributed by atoms with Crippen LogP contribution in [0.3, 0.4) is 0 Å². The molecule has 0 radical (unpaired) electrons. The molecule has 0 bridgehead atoms. The van der Waals surface area contributed by atoms with Gasteiger partial charge in [-0.3, -0.25) is 4.79 Å². The second-order valence-corrected chi connectivity index (χ2v) is 5.98. The van der Waals surface area contributed by atoms with Crippen molar-refractivity contribution >= 4 is 15.9 Å². The van der Waals surface area contributed by atoms with Crippen LogP contribution < -0.4 is 9.88 Å². The maximum Gasteiger partial charge on any atom is 0.260 e. The summed E-state index contributed by atoms with van der Waals surface area (Å²) in [5.41, 5.74) is 0. The highest BCUT2D eigenvalue weighted by Crippen LogP contribution is 2.20. The van der Waals surface area contributed by atoms with E-state index >= 15 is 0 Å². The zero-order valence-electron chi connectivity index (χ0n) is 11.1. The van der Waals surface area contributed by atoms with Gasteiger partial charge < -0.3 is 14.4 Å². The number of hydrogen-bond donors (Lipinski definition) is 1. The first-order valence-electron chi connectivity index (χ1n) is 6.18. The summed E-state index contributed by atoms with van der Waals surface area (Å²) >= 11 is 0. The van der Waals surface area contributed by atoms with Gasteiger partial charge in [-0.1, -0.05) is 0 Å². The number of rotatable bonds is 4. The average molecular weight is 318 g/mol. The summed E-state index contributed by atoms with van der Waals surface area (Å²) in [5, 5.41) is 4.89. The molecule has 1 aliphatic heterocycles. The van der Waals surface area contributed by atoms with Gasteiger partial charge in [0.25, 0.3) is 5.91 Å². The molecule has 2 rings (SSSR count). The quantitative estimate of drug-likeness (QED) is 0.822. The lowest BCUT2D eigenvalue weighted by molar-refractivity contribution is -0.137. The van der Waals surface area contributed by atoms with Crippen LogP contribution in [0.4, 0.5) is 4.39 Å². The summed E-state index contributed by atoms with van der Waals surface area (Å²) in [5.74, 6) is -1.38. The van der Waals surface area contributed by atoms with E-state index in [1.807, 2.05) is 0 Å². The van der Waals surface area contributed by atoms with Crippen molar-refractivity contribution in [2.24, 2.45) is 5.14 Å². The standard InChI is InChI=1S/C12H15FN2O5S/c13-10-7-9(21(14,17)18)1-2-11(10)20-8-12(16)15-3-5-19-6-4-15/h1-2,7H,3-6,8H2,(H2,14,17,18). The maximum absolute atomic E-state index is 13.7. The summed E-state index contributed by atoms with van der Waals surface area (Å²) in [6, 6.07) is 3.00. The average Bonchev–Trinajstić information content (AvgIpc) is 2.45. The predicted octanol–water partition coefficient (Wildman–Crippen LogP) is -0.289. The number of primary sulfonamides is 1. The van der Waals surface area contributed by atoms with Gasteiger partial charge >= 0.3 is 0 Å². The molecule has 1 heterocycles. The van der Waals surface area contributed by atoms with Gasteiger partial charge in [0.2, 0.25) is 10.0 Å². The van der Waals surface area contributed by atoms with E-state index in [0.29, 0.717) is 26.3 Å². The minimum absolute atomic E-state index is 0.205. The fourth-order valence-corrected chi connectivity index (χ4v) is 2.34. The van der Waals surface area contributed by atoms with Crippen LogP contribution in [0, 0.1) is 5.82 Å². The summed E-state index contributed by atoms with van der Waals surface area (Å²) in [7, 11) is -3.98. The molecule has 1 aromatic rings. The molecule has 1 saturated heterocycles. The number of halogens is 1. The molecule has 1 aromatic carbocycles. The van der Waals surface area contributed by atoms with Crippen LogP contribution in [0.25, 0.3) is 0 Å². The fourth-order valence-electron chi connectivity index (χ4n) is 1.82. The molecule has 0 saturated carbocycles. The van der Waals surface area contributed by atoms with Crippen LogP contribution in [0.1, 0.15) is 0 Å². The third-order valence-electron chi connectivity index (χ3n) is 2.95. The number of ether oxygens (including phenoxy) is 2. The van der Waals surface area contributed by atoms with Crippen LogP contribution in [-0.4, -0.2) is 52.1 Å². The first-order valence-corrected chi connectivity index (χ1v) is 7.73. The largest absolute Gasteiger partial charge is 0.481 e. The lowest BCUT2D eigenvalue weighted by Gasteiger charge is -2.26. The van der Waals surface area contributed by atoms with Crippen LogP contribution in [-0.2, 0) is 19.6 Å². The number of sulfonamides is 1. The molecule has 116 valence electrons. The molecule has 2 N–H and O–H groups in total. The van der Waals surface area contributed by atoms with Gasteiger partial charge in [0, 0.05) is 13.1 Å². The van der Waals surface area contributed by atoms with E-state index < -0.39 is 15.8 Å². The number of hydrogen-bond acceptors (Lipinski definition) is 5. The Bertz CT molecular complexity index is 629. The highest BCUT2D eigenvalue weighted by Gasteiger charge is 2.18. The summed E-state index contributed by atoms with van der Waals surface area (Å²) in [4.78, 5) is 13.0. The Kier molecular flexibility index (Phi) is 4.76. The monoisotopic (exact) mass is 318 g/mol. The number of benzene rings is 1. The Balaban J connectivity index is 1.98. The maximum atomic E-state index is 13.7. The normalized spacial score (nSPS) is 15.8. The Morgan fingerprint density at radius 1 is 1.38 bits per heavy atom.